The van der Waals surface area contributed by atoms with Gasteiger partial charge in [-0.2, -0.15) is 0 Å². The van der Waals surface area contributed by atoms with Crippen LogP contribution in [0.15, 0.2) is 12.1 Å². The molecule has 1 fully saturated rings. The molecule has 4 nitrogen and oxygen atoms in total. The van der Waals surface area contributed by atoms with Crippen LogP contribution in [0, 0.1) is 0 Å². The molecule has 1 aromatic carbocycles. The summed E-state index contributed by atoms with van der Waals surface area (Å²) in [5.41, 5.74) is 1.85. The zero-order valence-electron chi connectivity index (χ0n) is 12.5. The lowest BCUT2D eigenvalue weighted by molar-refractivity contribution is -0.137. The van der Waals surface area contributed by atoms with E-state index >= 15 is 0 Å². The van der Waals surface area contributed by atoms with Gasteiger partial charge in [0.05, 0.1) is 20.6 Å². The normalized spacial score (nSPS) is 16.1. The molecule has 1 aliphatic rings. The van der Waals surface area contributed by atoms with Crippen LogP contribution in [0.2, 0.25) is 0 Å². The Balaban J connectivity index is 2.51. The summed E-state index contributed by atoms with van der Waals surface area (Å²) in [6.45, 7) is 4.20. The van der Waals surface area contributed by atoms with E-state index in [1.807, 2.05) is 6.07 Å². The standard InChI is InChI=1S/C16H22O4/c1-10(2)11-7-12(14(20-4)8-13(11)19-3)16(5-6-16)9-15(17)18/h7-8,10H,5-6,9H2,1-4H3,(H,17,18). The first-order valence-corrected chi connectivity index (χ1v) is 6.91. The lowest BCUT2D eigenvalue weighted by Gasteiger charge is -2.21. The molecule has 0 aliphatic heterocycles. The third-order valence-electron chi connectivity index (χ3n) is 4.09. The largest absolute Gasteiger partial charge is 0.496 e. The topological polar surface area (TPSA) is 55.8 Å². The van der Waals surface area contributed by atoms with Gasteiger partial charge in [-0.1, -0.05) is 13.8 Å². The second-order valence-electron chi connectivity index (χ2n) is 5.80. The summed E-state index contributed by atoms with van der Waals surface area (Å²) in [5.74, 6) is 1.08. The molecule has 0 atom stereocenters. The molecule has 0 radical (unpaired) electrons. The molecule has 0 aromatic heterocycles. The van der Waals surface area contributed by atoms with Crippen LogP contribution in [-0.2, 0) is 10.2 Å². The van der Waals surface area contributed by atoms with Crippen LogP contribution in [0.1, 0.15) is 50.2 Å². The summed E-state index contributed by atoms with van der Waals surface area (Å²) in [7, 11) is 3.26. The number of carboxylic acid groups (broad SMARTS) is 1. The third kappa shape index (κ3) is 2.60. The quantitative estimate of drug-likeness (QED) is 0.867. The zero-order valence-corrected chi connectivity index (χ0v) is 12.5. The Morgan fingerprint density at radius 3 is 2.25 bits per heavy atom. The van der Waals surface area contributed by atoms with E-state index in [0.29, 0.717) is 5.92 Å². The summed E-state index contributed by atoms with van der Waals surface area (Å²) < 4.78 is 10.9. The number of benzene rings is 1. The fourth-order valence-corrected chi connectivity index (χ4v) is 2.77. The highest BCUT2D eigenvalue weighted by molar-refractivity contribution is 5.71. The molecule has 1 N–H and O–H groups in total. The molecule has 1 aromatic rings. The van der Waals surface area contributed by atoms with Gasteiger partial charge in [-0.05, 0) is 30.4 Å². The van der Waals surface area contributed by atoms with Crippen LogP contribution < -0.4 is 9.47 Å². The summed E-state index contributed by atoms with van der Waals surface area (Å²) in [5, 5.41) is 9.13. The second-order valence-corrected chi connectivity index (χ2v) is 5.80. The van der Waals surface area contributed by atoms with E-state index in [1.54, 1.807) is 14.2 Å². The smallest absolute Gasteiger partial charge is 0.304 e. The highest BCUT2D eigenvalue weighted by Gasteiger charge is 2.48. The summed E-state index contributed by atoms with van der Waals surface area (Å²) >= 11 is 0. The van der Waals surface area contributed by atoms with E-state index in [4.69, 9.17) is 14.6 Å². The maximum atomic E-state index is 11.1. The summed E-state index contributed by atoms with van der Waals surface area (Å²) in [6.07, 6.45) is 1.96. The predicted octanol–water partition coefficient (Wildman–Crippen LogP) is 3.33. The molecule has 0 unspecified atom stereocenters. The van der Waals surface area contributed by atoms with Crippen LogP contribution in [0.25, 0.3) is 0 Å². The van der Waals surface area contributed by atoms with Crippen molar-refractivity contribution in [2.45, 2.75) is 44.4 Å². The Bertz CT molecular complexity index is 515. The van der Waals surface area contributed by atoms with Crippen molar-refractivity contribution in [1.29, 1.82) is 0 Å². The Morgan fingerprint density at radius 2 is 1.85 bits per heavy atom. The Morgan fingerprint density at radius 1 is 1.25 bits per heavy atom. The van der Waals surface area contributed by atoms with Crippen molar-refractivity contribution >= 4 is 5.97 Å². The molecule has 0 saturated heterocycles. The van der Waals surface area contributed by atoms with Crippen molar-refractivity contribution in [3.05, 3.63) is 23.3 Å². The first-order valence-electron chi connectivity index (χ1n) is 6.91. The third-order valence-corrected chi connectivity index (χ3v) is 4.09. The van der Waals surface area contributed by atoms with E-state index in [0.717, 1.165) is 35.5 Å². The van der Waals surface area contributed by atoms with Gasteiger partial charge in [0.15, 0.2) is 0 Å². The molecule has 20 heavy (non-hydrogen) atoms. The van der Waals surface area contributed by atoms with E-state index < -0.39 is 5.97 Å². The molecule has 110 valence electrons. The van der Waals surface area contributed by atoms with Gasteiger partial charge in [0.25, 0.3) is 0 Å². The number of ether oxygens (including phenoxy) is 2. The van der Waals surface area contributed by atoms with Gasteiger partial charge in [-0.3, -0.25) is 4.79 Å². The van der Waals surface area contributed by atoms with Gasteiger partial charge in [0.2, 0.25) is 0 Å². The van der Waals surface area contributed by atoms with Gasteiger partial charge < -0.3 is 14.6 Å². The minimum Gasteiger partial charge on any atom is -0.496 e. The SMILES string of the molecule is COc1cc(OC)c(C2(CC(=O)O)CC2)cc1C(C)C. The van der Waals surface area contributed by atoms with Crippen LogP contribution >= 0.6 is 0 Å². The number of rotatable bonds is 6. The number of hydrogen-bond donors (Lipinski definition) is 1. The van der Waals surface area contributed by atoms with Crippen LogP contribution in [0.3, 0.4) is 0 Å². The number of methoxy groups -OCH3 is 2. The lowest BCUT2D eigenvalue weighted by atomic mass is 9.88. The fourth-order valence-electron chi connectivity index (χ4n) is 2.77. The van der Waals surface area contributed by atoms with Crippen molar-refractivity contribution in [3.8, 4) is 11.5 Å². The first-order chi connectivity index (χ1) is 9.43. The Labute approximate surface area is 119 Å². The zero-order chi connectivity index (χ0) is 14.9. The second kappa shape index (κ2) is 5.35. The summed E-state index contributed by atoms with van der Waals surface area (Å²) in [6, 6.07) is 3.95. The number of aliphatic carboxylic acids is 1. The van der Waals surface area contributed by atoms with Gasteiger partial charge in [0.1, 0.15) is 11.5 Å². The van der Waals surface area contributed by atoms with Gasteiger partial charge in [-0.15, -0.1) is 0 Å². The van der Waals surface area contributed by atoms with E-state index in [2.05, 4.69) is 19.9 Å². The van der Waals surface area contributed by atoms with Gasteiger partial charge in [0, 0.05) is 17.0 Å². The molecule has 2 rings (SSSR count). The Hall–Kier alpha value is -1.71. The van der Waals surface area contributed by atoms with Crippen molar-refractivity contribution in [2.75, 3.05) is 14.2 Å². The molecule has 0 bridgehead atoms. The fraction of sp³-hybridized carbons (Fsp3) is 0.562. The molecule has 1 aliphatic carbocycles. The molecular formula is C16H22O4. The molecule has 0 heterocycles. The highest BCUT2D eigenvalue weighted by Crippen LogP contribution is 2.55. The van der Waals surface area contributed by atoms with E-state index in [1.165, 1.54) is 0 Å². The summed E-state index contributed by atoms with van der Waals surface area (Å²) in [4.78, 5) is 11.1. The maximum absolute atomic E-state index is 11.1. The average Bonchev–Trinajstić information content (AvgIpc) is 3.16. The first kappa shape index (κ1) is 14.7. The average molecular weight is 278 g/mol. The van der Waals surface area contributed by atoms with Crippen LogP contribution in [0.5, 0.6) is 11.5 Å². The van der Waals surface area contributed by atoms with Crippen LogP contribution in [-0.4, -0.2) is 25.3 Å². The minimum absolute atomic E-state index is 0.160. The Kier molecular flexibility index (Phi) is 3.93. The van der Waals surface area contributed by atoms with Crippen LogP contribution in [0.4, 0.5) is 0 Å². The van der Waals surface area contributed by atoms with E-state index in [9.17, 15) is 4.79 Å². The van der Waals surface area contributed by atoms with Crippen molar-refractivity contribution in [3.63, 3.8) is 0 Å². The molecular weight excluding hydrogens is 256 g/mol. The predicted molar refractivity (Wildman–Crippen MR) is 76.8 cm³/mol. The number of hydrogen-bond acceptors (Lipinski definition) is 3. The van der Waals surface area contributed by atoms with Gasteiger partial charge >= 0.3 is 5.97 Å². The van der Waals surface area contributed by atoms with E-state index in [-0.39, 0.29) is 11.8 Å². The number of carbonyl (C=O) groups is 1. The molecule has 0 spiro atoms. The lowest BCUT2D eigenvalue weighted by Crippen LogP contribution is -2.15. The maximum Gasteiger partial charge on any atom is 0.304 e. The molecule has 0 amide bonds. The minimum atomic E-state index is -0.758. The molecule has 4 heteroatoms. The molecule has 1 saturated carbocycles. The van der Waals surface area contributed by atoms with Crippen molar-refractivity contribution < 1.29 is 19.4 Å². The van der Waals surface area contributed by atoms with Crippen molar-refractivity contribution in [2.24, 2.45) is 0 Å². The number of carboxylic acids is 1. The highest BCUT2D eigenvalue weighted by atomic mass is 16.5. The monoisotopic (exact) mass is 278 g/mol. The van der Waals surface area contributed by atoms with Crippen molar-refractivity contribution in [1.82, 2.24) is 0 Å². The van der Waals surface area contributed by atoms with Gasteiger partial charge in [-0.25, -0.2) is 0 Å².